The molecule has 0 aliphatic carbocycles. The van der Waals surface area contributed by atoms with E-state index in [9.17, 15) is 9.59 Å². The van der Waals surface area contributed by atoms with Crippen molar-refractivity contribution in [2.24, 2.45) is 5.92 Å². The van der Waals surface area contributed by atoms with E-state index in [0.29, 0.717) is 57.8 Å². The molecule has 0 atom stereocenters. The molecule has 2 fully saturated rings. The van der Waals surface area contributed by atoms with Crippen LogP contribution in [0.5, 0.6) is 5.75 Å². The van der Waals surface area contributed by atoms with E-state index in [4.69, 9.17) is 9.47 Å². The third-order valence-electron chi connectivity index (χ3n) is 6.72. The highest BCUT2D eigenvalue weighted by Crippen LogP contribution is 2.37. The molecule has 1 aromatic carbocycles. The second-order valence-corrected chi connectivity index (χ2v) is 9.60. The first-order valence-corrected chi connectivity index (χ1v) is 12.6. The predicted molar refractivity (Wildman–Crippen MR) is 135 cm³/mol. The van der Waals surface area contributed by atoms with Crippen LogP contribution in [-0.2, 0) is 9.53 Å². The lowest BCUT2D eigenvalue weighted by Gasteiger charge is -2.35. The number of ether oxygens (including phenoxy) is 2. The van der Waals surface area contributed by atoms with Crippen LogP contribution in [0.3, 0.4) is 0 Å². The molecule has 184 valence electrons. The maximum Gasteiger partial charge on any atom is 0.257 e. The molecule has 3 aromatic rings. The van der Waals surface area contributed by atoms with Gasteiger partial charge in [0.25, 0.3) is 5.91 Å². The fourth-order valence-corrected chi connectivity index (χ4v) is 5.49. The highest BCUT2D eigenvalue weighted by atomic mass is 32.1. The second-order valence-electron chi connectivity index (χ2n) is 8.85. The highest BCUT2D eigenvalue weighted by molar-refractivity contribution is 7.13. The molecule has 2 aromatic heterocycles. The molecule has 0 bridgehead atoms. The van der Waals surface area contributed by atoms with Crippen LogP contribution in [-0.4, -0.2) is 72.6 Å². The number of amides is 2. The summed E-state index contributed by atoms with van der Waals surface area (Å²) in [6.45, 7) is 5.56. The number of carbonyl (C=O) groups excluding carboxylic acids is 2. The smallest absolute Gasteiger partial charge is 0.257 e. The first kappa shape index (κ1) is 23.5. The van der Waals surface area contributed by atoms with Gasteiger partial charge < -0.3 is 24.6 Å². The van der Waals surface area contributed by atoms with Crippen molar-refractivity contribution in [3.63, 3.8) is 0 Å². The summed E-state index contributed by atoms with van der Waals surface area (Å²) in [5.41, 5.74) is 3.13. The molecule has 4 heterocycles. The average molecular weight is 496 g/mol. The summed E-state index contributed by atoms with van der Waals surface area (Å²) in [6.07, 6.45) is 3.09. The number of fused-ring (bicyclic) bond motifs is 1. The molecule has 0 radical (unpaired) electrons. The van der Waals surface area contributed by atoms with Crippen molar-refractivity contribution in [1.29, 1.82) is 0 Å². The van der Waals surface area contributed by atoms with Gasteiger partial charge in [-0.05, 0) is 55.6 Å². The zero-order valence-corrected chi connectivity index (χ0v) is 20.8. The van der Waals surface area contributed by atoms with Crippen molar-refractivity contribution < 1.29 is 19.1 Å². The topological polar surface area (TPSA) is 96.9 Å². The fraction of sp³-hybridized carbons (Fsp3) is 0.440. The highest BCUT2D eigenvalue weighted by Gasteiger charge is 2.31. The first-order chi connectivity index (χ1) is 17.0. The normalized spacial score (nSPS) is 17.0. The molecular weight excluding hydrogens is 466 g/mol. The number of benzene rings is 1. The number of morpholine rings is 1. The van der Waals surface area contributed by atoms with E-state index in [1.807, 2.05) is 36.1 Å². The molecule has 1 N–H and O–H groups in total. The molecule has 0 unspecified atom stereocenters. The minimum absolute atomic E-state index is 0.0210. The van der Waals surface area contributed by atoms with Crippen LogP contribution in [0.25, 0.3) is 10.2 Å². The van der Waals surface area contributed by atoms with E-state index in [0.717, 1.165) is 33.0 Å². The zero-order chi connectivity index (χ0) is 24.4. The van der Waals surface area contributed by atoms with Crippen LogP contribution in [0.15, 0.2) is 30.5 Å². The number of methoxy groups -OCH3 is 1. The van der Waals surface area contributed by atoms with Gasteiger partial charge in [0.15, 0.2) is 0 Å². The number of aryl methyl sites for hydroxylation is 1. The van der Waals surface area contributed by atoms with Gasteiger partial charge in [-0.15, -0.1) is 0 Å². The van der Waals surface area contributed by atoms with Crippen LogP contribution >= 0.6 is 11.5 Å². The standard InChI is InChI=1S/C25H29N5O4S/c1-16-21-22(20(15-26-24(21)35-28-16)25(32)30-11-13-34-14-12-30)29-9-7-17(8-10-29)23(31)27-18-3-5-19(33-2)6-4-18/h3-6,15,17H,7-14H2,1-2H3,(H,27,31). The van der Waals surface area contributed by atoms with Crippen molar-refractivity contribution in [3.8, 4) is 5.75 Å². The van der Waals surface area contributed by atoms with Gasteiger partial charge in [0, 0.05) is 44.0 Å². The Balaban J connectivity index is 1.34. The van der Waals surface area contributed by atoms with Crippen molar-refractivity contribution in [3.05, 3.63) is 41.7 Å². The number of rotatable bonds is 5. The van der Waals surface area contributed by atoms with Crippen molar-refractivity contribution in [1.82, 2.24) is 14.3 Å². The monoisotopic (exact) mass is 495 g/mol. The molecule has 5 rings (SSSR count). The number of hydrogen-bond acceptors (Lipinski definition) is 8. The molecule has 2 saturated heterocycles. The lowest BCUT2D eigenvalue weighted by molar-refractivity contribution is -0.120. The summed E-state index contributed by atoms with van der Waals surface area (Å²) in [6, 6.07) is 7.35. The van der Waals surface area contributed by atoms with Gasteiger partial charge in [0.1, 0.15) is 10.6 Å². The Kier molecular flexibility index (Phi) is 6.83. The third kappa shape index (κ3) is 4.81. The molecule has 0 saturated carbocycles. The van der Waals surface area contributed by atoms with Crippen molar-refractivity contribution in [2.75, 3.05) is 56.7 Å². The average Bonchev–Trinajstić information content (AvgIpc) is 3.29. The van der Waals surface area contributed by atoms with Gasteiger partial charge in [-0.1, -0.05) is 0 Å². The second kappa shape index (κ2) is 10.2. The minimum Gasteiger partial charge on any atom is -0.497 e. The summed E-state index contributed by atoms with van der Waals surface area (Å²) < 4.78 is 15.1. The largest absolute Gasteiger partial charge is 0.497 e. The number of hydrogen-bond donors (Lipinski definition) is 1. The Morgan fingerprint density at radius 2 is 1.83 bits per heavy atom. The lowest BCUT2D eigenvalue weighted by atomic mass is 9.94. The van der Waals surface area contributed by atoms with E-state index >= 15 is 0 Å². The van der Waals surface area contributed by atoms with Crippen LogP contribution < -0.4 is 15.0 Å². The lowest BCUT2D eigenvalue weighted by Crippen LogP contribution is -2.42. The van der Waals surface area contributed by atoms with Crippen LogP contribution in [0, 0.1) is 12.8 Å². The van der Waals surface area contributed by atoms with Crippen LogP contribution in [0.2, 0.25) is 0 Å². The van der Waals surface area contributed by atoms with Gasteiger partial charge in [0.2, 0.25) is 5.91 Å². The third-order valence-corrected chi connectivity index (χ3v) is 7.56. The van der Waals surface area contributed by atoms with Gasteiger partial charge >= 0.3 is 0 Å². The Labute approximate surface area is 208 Å². The summed E-state index contributed by atoms with van der Waals surface area (Å²) in [7, 11) is 1.62. The molecule has 2 amide bonds. The number of nitrogens with one attached hydrogen (secondary N) is 1. The Bertz CT molecular complexity index is 1210. The molecule has 0 spiro atoms. The van der Waals surface area contributed by atoms with E-state index in [1.54, 1.807) is 13.3 Å². The molecule has 35 heavy (non-hydrogen) atoms. The van der Waals surface area contributed by atoms with E-state index < -0.39 is 0 Å². The van der Waals surface area contributed by atoms with Crippen molar-refractivity contribution >= 4 is 44.9 Å². The van der Waals surface area contributed by atoms with Crippen LogP contribution in [0.1, 0.15) is 28.9 Å². The summed E-state index contributed by atoms with van der Waals surface area (Å²) >= 11 is 1.35. The summed E-state index contributed by atoms with van der Waals surface area (Å²) in [4.78, 5) is 35.8. The molecule has 2 aliphatic heterocycles. The number of aromatic nitrogens is 2. The molecule has 2 aliphatic rings. The van der Waals surface area contributed by atoms with Gasteiger partial charge in [-0.2, -0.15) is 4.37 Å². The number of carbonyl (C=O) groups is 2. The number of nitrogens with zero attached hydrogens (tertiary/aromatic N) is 4. The van der Waals surface area contributed by atoms with E-state index in [2.05, 4.69) is 19.6 Å². The number of pyridine rings is 1. The van der Waals surface area contributed by atoms with Crippen LogP contribution in [0.4, 0.5) is 11.4 Å². The molecule has 9 nitrogen and oxygen atoms in total. The van der Waals surface area contributed by atoms with Gasteiger partial charge in [-0.25, -0.2) is 4.98 Å². The maximum atomic E-state index is 13.5. The predicted octanol–water partition coefficient (Wildman–Crippen LogP) is 3.34. The summed E-state index contributed by atoms with van der Waals surface area (Å²) in [5, 5.41) is 3.96. The molecular formula is C25H29N5O4S. The minimum atomic E-state index is -0.0919. The number of anilines is 2. The fourth-order valence-electron chi connectivity index (χ4n) is 4.74. The SMILES string of the molecule is COc1ccc(NC(=O)C2CCN(c3c(C(=O)N4CCOCC4)cnc4snc(C)c34)CC2)cc1. The Morgan fingerprint density at radius 1 is 1.11 bits per heavy atom. The maximum absolute atomic E-state index is 13.5. The van der Waals surface area contributed by atoms with Crippen molar-refractivity contribution in [2.45, 2.75) is 19.8 Å². The zero-order valence-electron chi connectivity index (χ0n) is 20.0. The quantitative estimate of drug-likeness (QED) is 0.580. The Morgan fingerprint density at radius 3 is 2.51 bits per heavy atom. The van der Waals surface area contributed by atoms with Gasteiger partial charge in [0.05, 0.1) is 42.7 Å². The molecule has 10 heteroatoms. The van der Waals surface area contributed by atoms with Gasteiger partial charge in [-0.3, -0.25) is 9.59 Å². The number of piperidine rings is 1. The summed E-state index contributed by atoms with van der Waals surface area (Å²) in [5.74, 6) is 0.654. The Hall–Kier alpha value is -3.24. The van der Waals surface area contributed by atoms with E-state index in [1.165, 1.54) is 11.5 Å². The van der Waals surface area contributed by atoms with E-state index in [-0.39, 0.29) is 17.7 Å². The first-order valence-electron chi connectivity index (χ1n) is 11.9.